The number of rotatable bonds is 5. The van der Waals surface area contributed by atoms with Crippen LogP contribution in [0.25, 0.3) is 6.08 Å². The molecule has 0 spiro atoms. The normalized spacial score (nSPS) is 11.3. The molecular formula is C17H25BN2O5. The smallest absolute Gasteiger partial charge is 0.443 e. The highest BCUT2D eigenvalue weighted by Crippen LogP contribution is 2.11. The predicted octanol–water partition coefficient (Wildman–Crippen LogP) is 2.00. The van der Waals surface area contributed by atoms with Gasteiger partial charge >= 0.3 is 13.2 Å². The van der Waals surface area contributed by atoms with Gasteiger partial charge in [0.15, 0.2) is 0 Å². The van der Waals surface area contributed by atoms with Crippen molar-refractivity contribution in [3.05, 3.63) is 41.4 Å². The van der Waals surface area contributed by atoms with E-state index in [1.807, 2.05) is 6.92 Å². The number of amides is 2. The molecule has 0 unspecified atom stereocenters. The van der Waals surface area contributed by atoms with Crippen LogP contribution in [0.2, 0.25) is 0 Å². The Kier molecular flexibility index (Phi) is 7.66. The highest BCUT2D eigenvalue weighted by atomic mass is 16.6. The third kappa shape index (κ3) is 7.87. The molecule has 0 saturated heterocycles. The third-order valence-electron chi connectivity index (χ3n) is 2.91. The van der Waals surface area contributed by atoms with Gasteiger partial charge in [0.25, 0.3) is 5.91 Å². The Labute approximate surface area is 148 Å². The van der Waals surface area contributed by atoms with Gasteiger partial charge in [-0.25, -0.2) is 15.2 Å². The summed E-state index contributed by atoms with van der Waals surface area (Å²) in [6, 6.07) is 6.62. The van der Waals surface area contributed by atoms with Crippen molar-refractivity contribution >= 4 is 25.2 Å². The lowest BCUT2D eigenvalue weighted by Gasteiger charge is -2.26. The predicted molar refractivity (Wildman–Crippen MR) is 96.4 cm³/mol. The van der Waals surface area contributed by atoms with Crippen LogP contribution in [0.15, 0.2) is 30.2 Å². The van der Waals surface area contributed by atoms with Crippen LogP contribution in [-0.2, 0) is 4.74 Å². The number of hydrazine groups is 1. The van der Waals surface area contributed by atoms with Gasteiger partial charge in [-0.05, 0) is 44.9 Å². The van der Waals surface area contributed by atoms with Crippen molar-refractivity contribution < 1.29 is 24.4 Å². The lowest BCUT2D eigenvalue weighted by atomic mass is 9.90. The average Bonchev–Trinajstić information content (AvgIpc) is 2.50. The van der Waals surface area contributed by atoms with Crippen molar-refractivity contribution in [3.63, 3.8) is 0 Å². The topological polar surface area (TPSA) is 99.1 Å². The molecule has 1 rings (SSSR count). The molecule has 7 nitrogen and oxygen atoms in total. The lowest BCUT2D eigenvalue weighted by Crippen LogP contribution is -2.48. The van der Waals surface area contributed by atoms with Crippen molar-refractivity contribution in [2.24, 2.45) is 0 Å². The molecule has 0 aliphatic heterocycles. The molecule has 8 heteroatoms. The summed E-state index contributed by atoms with van der Waals surface area (Å²) in [5, 5.41) is 19.0. The van der Waals surface area contributed by atoms with E-state index in [0.717, 1.165) is 0 Å². The summed E-state index contributed by atoms with van der Waals surface area (Å²) < 4.78 is 5.18. The van der Waals surface area contributed by atoms with Gasteiger partial charge in [0, 0.05) is 12.1 Å². The van der Waals surface area contributed by atoms with Crippen molar-refractivity contribution in [1.82, 2.24) is 10.4 Å². The highest BCUT2D eigenvalue weighted by Gasteiger charge is 2.22. The van der Waals surface area contributed by atoms with Crippen LogP contribution >= 0.6 is 0 Å². The zero-order valence-corrected chi connectivity index (χ0v) is 15.0. The van der Waals surface area contributed by atoms with E-state index >= 15 is 0 Å². The maximum atomic E-state index is 12.7. The summed E-state index contributed by atoms with van der Waals surface area (Å²) in [6.45, 7) is 7.43. The molecule has 0 aromatic heterocycles. The van der Waals surface area contributed by atoms with Crippen molar-refractivity contribution in [2.75, 3.05) is 6.54 Å². The molecule has 0 bridgehead atoms. The Balaban J connectivity index is 2.91. The van der Waals surface area contributed by atoms with E-state index in [2.05, 4.69) is 5.43 Å². The molecule has 1 aromatic carbocycles. The summed E-state index contributed by atoms with van der Waals surface area (Å²) >= 11 is 0. The van der Waals surface area contributed by atoms with Crippen LogP contribution in [0.5, 0.6) is 0 Å². The summed E-state index contributed by atoms with van der Waals surface area (Å²) in [5.74, 6) is 0.805. The summed E-state index contributed by atoms with van der Waals surface area (Å²) in [7, 11) is -1.57. The number of nitrogens with one attached hydrogen (secondary N) is 1. The maximum Gasteiger partial charge on any atom is 0.480 e. The minimum atomic E-state index is -1.57. The minimum Gasteiger partial charge on any atom is -0.443 e. The zero-order valence-electron chi connectivity index (χ0n) is 15.0. The van der Waals surface area contributed by atoms with Gasteiger partial charge in [-0.15, -0.1) is 0 Å². The van der Waals surface area contributed by atoms with E-state index < -0.39 is 18.8 Å². The average molecular weight is 348 g/mol. The fourth-order valence-corrected chi connectivity index (χ4v) is 1.97. The first-order chi connectivity index (χ1) is 11.6. The molecule has 0 saturated carbocycles. The largest absolute Gasteiger partial charge is 0.480 e. The molecule has 1 aromatic rings. The van der Waals surface area contributed by atoms with Crippen molar-refractivity contribution in [2.45, 2.75) is 39.7 Å². The first kappa shape index (κ1) is 20.7. The number of ether oxygens (including phenoxy) is 1. The number of carbonyl (C=O) groups excluding carboxylic acids is 2. The van der Waals surface area contributed by atoms with E-state index in [9.17, 15) is 9.59 Å². The van der Waals surface area contributed by atoms with Gasteiger partial charge in [-0.3, -0.25) is 4.79 Å². The Morgan fingerprint density at radius 2 is 2.00 bits per heavy atom. The molecule has 0 aliphatic rings. The van der Waals surface area contributed by atoms with Crippen molar-refractivity contribution in [3.8, 4) is 0 Å². The molecule has 0 atom stereocenters. The Morgan fingerprint density at radius 3 is 2.56 bits per heavy atom. The quantitative estimate of drug-likeness (QED) is 0.558. The van der Waals surface area contributed by atoms with E-state index in [-0.39, 0.29) is 5.91 Å². The summed E-state index contributed by atoms with van der Waals surface area (Å²) in [6.07, 6.45) is 1.44. The molecule has 0 heterocycles. The van der Waals surface area contributed by atoms with Crippen LogP contribution in [-0.4, -0.2) is 46.3 Å². The minimum absolute atomic E-state index is 0.327. The van der Waals surface area contributed by atoms with Gasteiger partial charge in [-0.1, -0.05) is 31.1 Å². The van der Waals surface area contributed by atoms with Crippen LogP contribution in [0.3, 0.4) is 0 Å². The lowest BCUT2D eigenvalue weighted by molar-refractivity contribution is 0.0294. The van der Waals surface area contributed by atoms with Gasteiger partial charge in [0.05, 0.1) is 0 Å². The molecule has 0 aliphatic carbocycles. The van der Waals surface area contributed by atoms with Gasteiger partial charge < -0.3 is 14.8 Å². The molecular weight excluding hydrogens is 323 g/mol. The molecule has 25 heavy (non-hydrogen) atoms. The van der Waals surface area contributed by atoms with Crippen LogP contribution in [0.1, 0.15) is 50.0 Å². The maximum absolute atomic E-state index is 12.7. The van der Waals surface area contributed by atoms with E-state index in [4.69, 9.17) is 14.8 Å². The fraction of sp³-hybridized carbons (Fsp3) is 0.412. The molecule has 0 fully saturated rings. The molecule has 2 amide bonds. The second-order valence-corrected chi connectivity index (χ2v) is 6.47. The second kappa shape index (κ2) is 9.24. The number of nitrogens with zero attached hydrogens (tertiary/aromatic N) is 1. The van der Waals surface area contributed by atoms with Crippen LogP contribution < -0.4 is 5.43 Å². The number of hydrogen-bond donors (Lipinski definition) is 3. The van der Waals surface area contributed by atoms with E-state index in [1.165, 1.54) is 17.1 Å². The molecule has 136 valence electrons. The Bertz CT molecular complexity index is 626. The number of hydrogen-bond acceptors (Lipinski definition) is 5. The number of benzene rings is 1. The monoisotopic (exact) mass is 348 g/mol. The highest BCUT2D eigenvalue weighted by molar-refractivity contribution is 6.48. The zero-order chi connectivity index (χ0) is 19.0. The van der Waals surface area contributed by atoms with Gasteiger partial charge in [-0.2, -0.15) is 0 Å². The molecule has 0 radical (unpaired) electrons. The van der Waals surface area contributed by atoms with Crippen molar-refractivity contribution in [1.29, 1.82) is 0 Å². The SMILES string of the molecule is CCCN(NC(=O)OC(C)(C)C)C(=O)c1cccc(/C=C/B(O)O)c1. The van der Waals surface area contributed by atoms with E-state index in [1.54, 1.807) is 45.0 Å². The first-order valence-corrected chi connectivity index (χ1v) is 8.08. The van der Waals surface area contributed by atoms with Gasteiger partial charge in [0.2, 0.25) is 0 Å². The third-order valence-corrected chi connectivity index (χ3v) is 2.91. The van der Waals surface area contributed by atoms with Crippen LogP contribution in [0.4, 0.5) is 4.79 Å². The fourth-order valence-electron chi connectivity index (χ4n) is 1.97. The summed E-state index contributed by atoms with van der Waals surface area (Å²) in [5.41, 5.74) is 2.79. The first-order valence-electron chi connectivity index (χ1n) is 8.08. The van der Waals surface area contributed by atoms with Gasteiger partial charge in [0.1, 0.15) is 5.60 Å². The summed E-state index contributed by atoms with van der Waals surface area (Å²) in [4.78, 5) is 24.6. The number of carbonyl (C=O) groups is 2. The molecule has 3 N–H and O–H groups in total. The Hall–Kier alpha value is -2.32. The Morgan fingerprint density at radius 1 is 1.32 bits per heavy atom. The second-order valence-electron chi connectivity index (χ2n) is 6.47. The standard InChI is InChI=1S/C17H25BN2O5/c1-5-11-20(19-16(22)25-17(2,3)4)15(21)14-8-6-7-13(12-14)9-10-18(23)24/h6-10,12,23-24H,5,11H2,1-4H3,(H,19,22)/b10-9+. The van der Waals surface area contributed by atoms with Crippen LogP contribution in [0, 0.1) is 0 Å². The van der Waals surface area contributed by atoms with E-state index in [0.29, 0.717) is 24.1 Å².